The Bertz CT molecular complexity index is 1740. The van der Waals surface area contributed by atoms with Crippen molar-refractivity contribution in [3.05, 3.63) is 106 Å². The third kappa shape index (κ3) is 5.46. The van der Waals surface area contributed by atoms with E-state index in [9.17, 15) is 20.0 Å². The molecule has 1 aliphatic rings. The number of nitrogens with one attached hydrogen (secondary N) is 2. The Morgan fingerprint density at radius 1 is 0.881 bits per heavy atom. The highest BCUT2D eigenvalue weighted by molar-refractivity contribution is 6.30. The second-order valence-corrected chi connectivity index (χ2v) is 9.61. The highest BCUT2D eigenvalue weighted by Gasteiger charge is 2.33. The van der Waals surface area contributed by atoms with E-state index in [1.807, 2.05) is 30.3 Å². The summed E-state index contributed by atoms with van der Waals surface area (Å²) in [6.45, 7) is 3.17. The lowest BCUT2D eigenvalue weighted by molar-refractivity contribution is 0.0977. The number of ether oxygens (including phenoxy) is 1. The summed E-state index contributed by atoms with van der Waals surface area (Å²) in [6, 6.07) is 21.3. The maximum atomic E-state index is 13.5. The van der Waals surface area contributed by atoms with Gasteiger partial charge in [0.15, 0.2) is 17.4 Å². The van der Waals surface area contributed by atoms with Gasteiger partial charge in [0.05, 0.1) is 29.0 Å². The molecule has 10 heteroatoms. The van der Waals surface area contributed by atoms with Crippen LogP contribution in [-0.4, -0.2) is 48.5 Å². The SMILES string of the molecule is COCCNc1nc(NCCc2ccccc2)c(/N=N/c2cccc3c2C(=O)c2cccc(O)c2C3=O)c(C)c1C#N. The average molecular weight is 561 g/mol. The molecule has 1 aliphatic carbocycles. The predicted octanol–water partition coefficient (Wildman–Crippen LogP) is 5.87. The molecule has 0 amide bonds. The molecule has 0 saturated carbocycles. The number of benzene rings is 3. The van der Waals surface area contributed by atoms with Crippen LogP contribution in [-0.2, 0) is 11.2 Å². The first kappa shape index (κ1) is 28.1. The van der Waals surface area contributed by atoms with Gasteiger partial charge >= 0.3 is 0 Å². The zero-order chi connectivity index (χ0) is 29.6. The number of anilines is 2. The number of nitrogens with zero attached hydrogens (tertiary/aromatic N) is 4. The number of phenolic OH excluding ortho intramolecular Hbond substituents is 1. The van der Waals surface area contributed by atoms with E-state index in [1.165, 1.54) is 24.3 Å². The molecule has 3 N–H and O–H groups in total. The highest BCUT2D eigenvalue weighted by atomic mass is 16.5. The fraction of sp³-hybridized carbons (Fsp3) is 0.188. The minimum Gasteiger partial charge on any atom is -0.507 e. The maximum Gasteiger partial charge on any atom is 0.198 e. The summed E-state index contributed by atoms with van der Waals surface area (Å²) in [6.07, 6.45) is 0.722. The molecule has 0 atom stereocenters. The van der Waals surface area contributed by atoms with Gasteiger partial charge in [0, 0.05) is 36.9 Å². The molecular weight excluding hydrogens is 532 g/mol. The molecule has 1 heterocycles. The Hall–Kier alpha value is -5.40. The molecule has 210 valence electrons. The van der Waals surface area contributed by atoms with Gasteiger partial charge in [0.25, 0.3) is 0 Å². The largest absolute Gasteiger partial charge is 0.507 e. The van der Waals surface area contributed by atoms with Gasteiger partial charge in [0.1, 0.15) is 23.3 Å². The number of hydrogen-bond acceptors (Lipinski definition) is 10. The minimum atomic E-state index is -0.464. The number of rotatable bonds is 10. The number of aromatic hydroxyl groups is 1. The summed E-state index contributed by atoms with van der Waals surface area (Å²) < 4.78 is 5.13. The third-order valence-electron chi connectivity index (χ3n) is 6.96. The number of carbonyl (C=O) groups excluding carboxylic acids is 2. The molecule has 10 nitrogen and oxygen atoms in total. The molecule has 0 bridgehead atoms. The van der Waals surface area contributed by atoms with Gasteiger partial charge in [-0.05, 0) is 31.0 Å². The molecule has 0 radical (unpaired) electrons. The van der Waals surface area contributed by atoms with Gasteiger partial charge in [0.2, 0.25) is 0 Å². The van der Waals surface area contributed by atoms with Crippen molar-refractivity contribution in [2.75, 3.05) is 37.4 Å². The maximum absolute atomic E-state index is 13.5. The molecule has 4 aromatic rings. The quantitative estimate of drug-likeness (QED) is 0.142. The first-order valence-electron chi connectivity index (χ1n) is 13.4. The van der Waals surface area contributed by atoms with E-state index in [2.05, 4.69) is 31.9 Å². The smallest absolute Gasteiger partial charge is 0.198 e. The van der Waals surface area contributed by atoms with E-state index >= 15 is 0 Å². The topological polar surface area (TPSA) is 149 Å². The van der Waals surface area contributed by atoms with Crippen molar-refractivity contribution in [1.82, 2.24) is 4.98 Å². The zero-order valence-corrected chi connectivity index (χ0v) is 23.1. The van der Waals surface area contributed by atoms with Gasteiger partial charge in [-0.15, -0.1) is 10.2 Å². The van der Waals surface area contributed by atoms with Crippen molar-refractivity contribution in [2.45, 2.75) is 13.3 Å². The van der Waals surface area contributed by atoms with Crippen LogP contribution in [0.5, 0.6) is 5.75 Å². The highest BCUT2D eigenvalue weighted by Crippen LogP contribution is 2.39. The van der Waals surface area contributed by atoms with Gasteiger partial charge < -0.3 is 20.5 Å². The Labute approximate surface area is 242 Å². The van der Waals surface area contributed by atoms with E-state index in [1.54, 1.807) is 26.2 Å². The minimum absolute atomic E-state index is 0.0238. The average Bonchev–Trinajstić information content (AvgIpc) is 3.00. The number of carbonyl (C=O) groups is 2. The molecule has 0 saturated heterocycles. The molecule has 42 heavy (non-hydrogen) atoms. The summed E-state index contributed by atoms with van der Waals surface area (Å²) in [5.74, 6) is -0.346. The molecule has 5 rings (SSSR count). The lowest BCUT2D eigenvalue weighted by Crippen LogP contribution is -2.21. The molecule has 0 unspecified atom stereocenters. The van der Waals surface area contributed by atoms with Crippen LogP contribution >= 0.6 is 0 Å². The molecule has 0 aliphatic heterocycles. The summed E-state index contributed by atoms with van der Waals surface area (Å²) in [5, 5.41) is 35.6. The Morgan fingerprint density at radius 3 is 2.31 bits per heavy atom. The summed E-state index contributed by atoms with van der Waals surface area (Å²) >= 11 is 0. The van der Waals surface area contributed by atoms with E-state index in [-0.39, 0.29) is 33.7 Å². The fourth-order valence-electron chi connectivity index (χ4n) is 4.84. The van der Waals surface area contributed by atoms with Gasteiger partial charge in [-0.1, -0.05) is 54.6 Å². The van der Waals surface area contributed by atoms with E-state index < -0.39 is 11.6 Å². The van der Waals surface area contributed by atoms with Crippen LogP contribution in [0.1, 0.15) is 48.5 Å². The number of azo groups is 1. The van der Waals surface area contributed by atoms with Crippen molar-refractivity contribution in [3.63, 3.8) is 0 Å². The van der Waals surface area contributed by atoms with Gasteiger partial charge in [-0.3, -0.25) is 9.59 Å². The number of methoxy groups -OCH3 is 1. The lowest BCUT2D eigenvalue weighted by atomic mass is 9.83. The molecule has 0 fully saturated rings. The first-order valence-corrected chi connectivity index (χ1v) is 13.4. The fourth-order valence-corrected chi connectivity index (χ4v) is 4.84. The number of pyridine rings is 1. The van der Waals surface area contributed by atoms with Crippen LogP contribution in [0.15, 0.2) is 77.0 Å². The Balaban J connectivity index is 1.54. The molecule has 1 aromatic heterocycles. The number of phenols is 1. The number of ketones is 2. The number of hydrogen-bond donors (Lipinski definition) is 3. The molecule has 0 spiro atoms. The Kier molecular flexibility index (Phi) is 8.32. The standard InChI is InChI=1S/C32H28N6O4/c1-19-23(18-33)31(35-16-17-42-2)36-32(34-15-14-20-8-4-3-5-9-20)28(19)38-37-24-12-6-10-21-26(24)29(40)22-11-7-13-25(39)27(22)30(21)41/h3-13,39H,14-17H2,1-2H3,(H2,34,35,36)/b38-37+. The van der Waals surface area contributed by atoms with Crippen molar-refractivity contribution >= 4 is 34.6 Å². The van der Waals surface area contributed by atoms with E-state index in [4.69, 9.17) is 4.74 Å². The number of nitriles is 1. The lowest BCUT2D eigenvalue weighted by Gasteiger charge is -2.19. The van der Waals surface area contributed by atoms with Crippen molar-refractivity contribution in [2.24, 2.45) is 10.2 Å². The van der Waals surface area contributed by atoms with Crippen molar-refractivity contribution in [1.29, 1.82) is 5.26 Å². The summed E-state index contributed by atoms with van der Waals surface area (Å²) in [4.78, 5) is 31.4. The zero-order valence-electron chi connectivity index (χ0n) is 23.1. The third-order valence-corrected chi connectivity index (χ3v) is 6.96. The summed E-state index contributed by atoms with van der Waals surface area (Å²) in [7, 11) is 1.59. The Morgan fingerprint density at radius 2 is 1.57 bits per heavy atom. The van der Waals surface area contributed by atoms with Crippen LogP contribution < -0.4 is 10.6 Å². The van der Waals surface area contributed by atoms with Crippen molar-refractivity contribution < 1.29 is 19.4 Å². The van der Waals surface area contributed by atoms with Crippen LogP contribution in [0, 0.1) is 18.3 Å². The predicted molar refractivity (Wildman–Crippen MR) is 158 cm³/mol. The molecule has 3 aromatic carbocycles. The number of fused-ring (bicyclic) bond motifs is 2. The van der Waals surface area contributed by atoms with E-state index in [0.29, 0.717) is 48.1 Å². The van der Waals surface area contributed by atoms with Crippen LogP contribution in [0.25, 0.3) is 0 Å². The van der Waals surface area contributed by atoms with E-state index in [0.717, 1.165) is 12.0 Å². The molecular formula is C32H28N6O4. The first-order chi connectivity index (χ1) is 20.4. The monoisotopic (exact) mass is 560 g/mol. The van der Waals surface area contributed by atoms with Gasteiger partial charge in [-0.25, -0.2) is 4.98 Å². The van der Waals surface area contributed by atoms with Crippen molar-refractivity contribution in [3.8, 4) is 11.8 Å². The van der Waals surface area contributed by atoms with Crippen LogP contribution in [0.2, 0.25) is 0 Å². The second kappa shape index (κ2) is 12.4. The second-order valence-electron chi connectivity index (χ2n) is 9.61. The van der Waals surface area contributed by atoms with Gasteiger partial charge in [-0.2, -0.15) is 5.26 Å². The number of aromatic nitrogens is 1. The van der Waals surface area contributed by atoms with Crippen LogP contribution in [0.4, 0.5) is 23.0 Å². The van der Waals surface area contributed by atoms with Crippen LogP contribution in [0.3, 0.4) is 0 Å². The normalized spacial score (nSPS) is 12.1. The summed E-state index contributed by atoms with van der Waals surface area (Å²) in [5.41, 5.74) is 2.84.